The van der Waals surface area contributed by atoms with Gasteiger partial charge < -0.3 is 15.8 Å². The number of hydrogen-bond donors (Lipinski definition) is 2. The van der Waals surface area contributed by atoms with Gasteiger partial charge in [-0.25, -0.2) is 0 Å². The Labute approximate surface area is 120 Å². The summed E-state index contributed by atoms with van der Waals surface area (Å²) in [6, 6.07) is 10.00. The van der Waals surface area contributed by atoms with Crippen LogP contribution in [-0.2, 0) is 16.0 Å². The Bertz CT molecular complexity index is 429. The molecular weight excluding hydrogens is 252 g/mol. The second-order valence-corrected chi connectivity index (χ2v) is 5.48. The van der Waals surface area contributed by atoms with Crippen LogP contribution < -0.4 is 11.1 Å². The molecule has 1 aromatic rings. The zero-order chi connectivity index (χ0) is 14.4. The summed E-state index contributed by atoms with van der Waals surface area (Å²) in [5.41, 5.74) is 6.10. The number of nitrogens with one attached hydrogen (secondary N) is 1. The van der Waals surface area contributed by atoms with Gasteiger partial charge in [-0.1, -0.05) is 37.3 Å². The Kier molecular flexibility index (Phi) is 5.15. The van der Waals surface area contributed by atoms with Crippen molar-refractivity contribution in [3.63, 3.8) is 0 Å². The maximum Gasteiger partial charge on any atom is 0.238 e. The van der Waals surface area contributed by atoms with Crippen LogP contribution in [0, 0.1) is 0 Å². The Morgan fingerprint density at radius 3 is 2.75 bits per heavy atom. The Morgan fingerprint density at radius 2 is 2.20 bits per heavy atom. The van der Waals surface area contributed by atoms with Gasteiger partial charge in [0.15, 0.2) is 0 Å². The highest BCUT2D eigenvalue weighted by Gasteiger charge is 2.35. The number of carbonyl (C=O) groups is 1. The molecule has 3 N–H and O–H groups in total. The molecule has 0 aromatic heterocycles. The van der Waals surface area contributed by atoms with E-state index >= 15 is 0 Å². The Balaban J connectivity index is 2.05. The summed E-state index contributed by atoms with van der Waals surface area (Å²) in [4.78, 5) is 12.0. The average Bonchev–Trinajstić information content (AvgIpc) is 2.97. The minimum absolute atomic E-state index is 0.205. The van der Waals surface area contributed by atoms with Gasteiger partial charge in [0, 0.05) is 13.2 Å². The summed E-state index contributed by atoms with van der Waals surface area (Å²) in [7, 11) is 0. The number of hydrogen-bond acceptors (Lipinski definition) is 3. The average molecular weight is 276 g/mol. The maximum atomic E-state index is 12.0. The lowest BCUT2D eigenvalue weighted by atomic mass is 9.87. The van der Waals surface area contributed by atoms with Gasteiger partial charge in [0.1, 0.15) is 5.54 Å². The minimum atomic E-state index is -0.687. The molecule has 1 aliphatic rings. The van der Waals surface area contributed by atoms with Crippen LogP contribution in [-0.4, -0.2) is 30.7 Å². The van der Waals surface area contributed by atoms with Crippen molar-refractivity contribution >= 4 is 5.91 Å². The van der Waals surface area contributed by atoms with E-state index in [0.29, 0.717) is 19.4 Å². The van der Waals surface area contributed by atoms with Crippen LogP contribution in [0.15, 0.2) is 30.3 Å². The highest BCUT2D eigenvalue weighted by atomic mass is 16.5. The van der Waals surface area contributed by atoms with E-state index in [1.54, 1.807) is 0 Å². The van der Waals surface area contributed by atoms with Crippen molar-refractivity contribution in [1.82, 2.24) is 5.32 Å². The molecule has 1 heterocycles. The van der Waals surface area contributed by atoms with E-state index in [4.69, 9.17) is 10.5 Å². The van der Waals surface area contributed by atoms with Gasteiger partial charge >= 0.3 is 0 Å². The van der Waals surface area contributed by atoms with E-state index < -0.39 is 5.54 Å². The first kappa shape index (κ1) is 15.0. The van der Waals surface area contributed by atoms with Crippen LogP contribution in [0.4, 0.5) is 0 Å². The fourth-order valence-corrected chi connectivity index (χ4v) is 2.72. The maximum absolute atomic E-state index is 12.0. The lowest BCUT2D eigenvalue weighted by molar-refractivity contribution is -0.124. The third kappa shape index (κ3) is 3.58. The third-order valence-corrected chi connectivity index (χ3v) is 4.12. The Morgan fingerprint density at radius 1 is 1.45 bits per heavy atom. The van der Waals surface area contributed by atoms with Crippen molar-refractivity contribution < 1.29 is 9.53 Å². The lowest BCUT2D eigenvalue weighted by Crippen LogP contribution is -2.58. The molecule has 4 nitrogen and oxygen atoms in total. The molecule has 110 valence electrons. The fraction of sp³-hybridized carbons (Fsp3) is 0.562. The topological polar surface area (TPSA) is 64.3 Å². The largest absolute Gasteiger partial charge is 0.377 e. The predicted octanol–water partition coefficient (Wildman–Crippen LogP) is 1.63. The Hall–Kier alpha value is -1.39. The van der Waals surface area contributed by atoms with E-state index in [1.807, 2.05) is 37.3 Å². The summed E-state index contributed by atoms with van der Waals surface area (Å²) in [6.07, 6.45) is 3.64. The fourth-order valence-electron chi connectivity index (χ4n) is 2.72. The van der Waals surface area contributed by atoms with Gasteiger partial charge in [-0.3, -0.25) is 4.79 Å². The van der Waals surface area contributed by atoms with Gasteiger partial charge in [-0.2, -0.15) is 0 Å². The summed E-state index contributed by atoms with van der Waals surface area (Å²) in [6.45, 7) is 3.50. The van der Waals surface area contributed by atoms with E-state index in [0.717, 1.165) is 25.0 Å². The second-order valence-electron chi connectivity index (χ2n) is 5.48. The molecule has 1 saturated heterocycles. The van der Waals surface area contributed by atoms with Gasteiger partial charge in [0.2, 0.25) is 5.91 Å². The molecule has 0 spiro atoms. The van der Waals surface area contributed by atoms with E-state index in [-0.39, 0.29) is 12.0 Å². The molecule has 0 bridgehead atoms. The van der Waals surface area contributed by atoms with Gasteiger partial charge in [0.05, 0.1) is 6.10 Å². The van der Waals surface area contributed by atoms with Crippen LogP contribution in [0.3, 0.4) is 0 Å². The van der Waals surface area contributed by atoms with E-state index in [1.165, 1.54) is 0 Å². The molecule has 1 amide bonds. The molecule has 0 saturated carbocycles. The standard InChI is InChI=1S/C16H24N2O2/c1-2-16(15(17)19,11-13-7-4-3-5-8-13)18-12-14-9-6-10-20-14/h3-5,7-8,14,18H,2,6,9-12H2,1H3,(H2,17,19). The van der Waals surface area contributed by atoms with Crippen LogP contribution in [0.25, 0.3) is 0 Å². The summed E-state index contributed by atoms with van der Waals surface area (Å²) < 4.78 is 5.61. The predicted molar refractivity (Wildman–Crippen MR) is 79.3 cm³/mol. The zero-order valence-electron chi connectivity index (χ0n) is 12.1. The van der Waals surface area contributed by atoms with Crippen LogP contribution in [0.1, 0.15) is 31.7 Å². The van der Waals surface area contributed by atoms with Crippen LogP contribution >= 0.6 is 0 Å². The van der Waals surface area contributed by atoms with Crippen molar-refractivity contribution in [3.8, 4) is 0 Å². The summed E-state index contributed by atoms with van der Waals surface area (Å²) in [5, 5.41) is 3.37. The molecule has 1 aliphatic heterocycles. The van der Waals surface area contributed by atoms with Crippen LogP contribution in [0.5, 0.6) is 0 Å². The van der Waals surface area contributed by atoms with Crippen molar-refractivity contribution in [2.75, 3.05) is 13.2 Å². The number of carbonyl (C=O) groups excluding carboxylic acids is 1. The van der Waals surface area contributed by atoms with Gasteiger partial charge in [-0.15, -0.1) is 0 Å². The number of primary amides is 1. The minimum Gasteiger partial charge on any atom is -0.377 e. The highest BCUT2D eigenvalue weighted by molar-refractivity contribution is 5.85. The van der Waals surface area contributed by atoms with E-state index in [2.05, 4.69) is 5.32 Å². The molecule has 20 heavy (non-hydrogen) atoms. The molecule has 0 radical (unpaired) electrons. The molecular formula is C16H24N2O2. The number of ether oxygens (including phenoxy) is 1. The van der Waals surface area contributed by atoms with Crippen LogP contribution in [0.2, 0.25) is 0 Å². The first-order valence-electron chi connectivity index (χ1n) is 7.37. The number of nitrogens with two attached hydrogens (primary N) is 1. The molecule has 1 aromatic carbocycles. The monoisotopic (exact) mass is 276 g/mol. The van der Waals surface area contributed by atoms with Crippen molar-refractivity contribution in [2.45, 2.75) is 44.2 Å². The van der Waals surface area contributed by atoms with E-state index in [9.17, 15) is 4.79 Å². The molecule has 0 aliphatic carbocycles. The number of rotatable bonds is 7. The zero-order valence-corrected chi connectivity index (χ0v) is 12.1. The second kappa shape index (κ2) is 6.86. The molecule has 2 unspecified atom stereocenters. The first-order valence-corrected chi connectivity index (χ1v) is 7.37. The number of amides is 1. The SMILES string of the molecule is CCC(Cc1ccccc1)(NCC1CCCO1)C(N)=O. The first-order chi connectivity index (χ1) is 9.66. The quantitative estimate of drug-likeness (QED) is 0.795. The third-order valence-electron chi connectivity index (χ3n) is 4.12. The highest BCUT2D eigenvalue weighted by Crippen LogP contribution is 2.19. The normalized spacial score (nSPS) is 21.6. The molecule has 1 fully saturated rings. The van der Waals surface area contributed by atoms with Crippen molar-refractivity contribution in [2.24, 2.45) is 5.73 Å². The molecule has 2 atom stereocenters. The summed E-state index contributed by atoms with van der Waals surface area (Å²) >= 11 is 0. The van der Waals surface area contributed by atoms with Gasteiger partial charge in [0.25, 0.3) is 0 Å². The molecule has 2 rings (SSSR count). The van der Waals surface area contributed by atoms with Crippen molar-refractivity contribution in [3.05, 3.63) is 35.9 Å². The number of benzene rings is 1. The van der Waals surface area contributed by atoms with Crippen molar-refractivity contribution in [1.29, 1.82) is 0 Å². The molecule has 4 heteroatoms. The smallest absolute Gasteiger partial charge is 0.238 e. The lowest BCUT2D eigenvalue weighted by Gasteiger charge is -2.32. The van der Waals surface area contributed by atoms with Gasteiger partial charge in [-0.05, 0) is 31.2 Å². The summed E-state index contributed by atoms with van der Waals surface area (Å²) in [5.74, 6) is -0.290.